The molecule has 2 unspecified atom stereocenters. The standard InChI is InChI=1S/C11H15N3O4S/c1-14-11(12-8(15)9(16)13-14)19-7-5-3-2-4-6(7)10(17)18/h6-7H,2-5H2,1H3,(H,13,16)(H,17,18). The number of aliphatic carboxylic acids is 1. The van der Waals surface area contributed by atoms with Crippen molar-refractivity contribution in [3.63, 3.8) is 0 Å². The quantitative estimate of drug-likeness (QED) is 0.769. The Balaban J connectivity index is 2.24. The molecular formula is C11H15N3O4S. The summed E-state index contributed by atoms with van der Waals surface area (Å²) in [6.07, 6.45) is 3.30. The van der Waals surface area contributed by atoms with E-state index in [1.165, 1.54) is 16.4 Å². The van der Waals surface area contributed by atoms with Crippen LogP contribution in [0.5, 0.6) is 0 Å². The SMILES string of the molecule is Cn1[nH]c(=O)c(=O)nc1SC1CCCCC1C(=O)O. The fraction of sp³-hybridized carbons (Fsp3) is 0.636. The highest BCUT2D eigenvalue weighted by molar-refractivity contribution is 7.99. The minimum Gasteiger partial charge on any atom is -0.481 e. The summed E-state index contributed by atoms with van der Waals surface area (Å²) in [5.41, 5.74) is -1.62. The number of aromatic nitrogens is 3. The van der Waals surface area contributed by atoms with Gasteiger partial charge in [-0.15, -0.1) is 0 Å². The van der Waals surface area contributed by atoms with Crippen molar-refractivity contribution in [2.75, 3.05) is 0 Å². The lowest BCUT2D eigenvalue weighted by atomic mass is 9.89. The van der Waals surface area contributed by atoms with E-state index >= 15 is 0 Å². The number of hydrogen-bond donors (Lipinski definition) is 2. The minimum absolute atomic E-state index is 0.116. The monoisotopic (exact) mass is 285 g/mol. The lowest BCUT2D eigenvalue weighted by Gasteiger charge is -2.27. The zero-order valence-corrected chi connectivity index (χ0v) is 11.3. The molecule has 0 spiro atoms. The van der Waals surface area contributed by atoms with Crippen LogP contribution in [0.25, 0.3) is 0 Å². The van der Waals surface area contributed by atoms with Gasteiger partial charge < -0.3 is 5.11 Å². The second kappa shape index (κ2) is 5.60. The molecule has 0 amide bonds. The van der Waals surface area contributed by atoms with Gasteiger partial charge in [-0.05, 0) is 12.8 Å². The topological polar surface area (TPSA) is 105 Å². The lowest BCUT2D eigenvalue weighted by molar-refractivity contribution is -0.142. The predicted molar refractivity (Wildman–Crippen MR) is 69.3 cm³/mol. The summed E-state index contributed by atoms with van der Waals surface area (Å²) in [5, 5.41) is 11.8. The maximum Gasteiger partial charge on any atom is 0.339 e. The second-order valence-corrected chi connectivity index (χ2v) is 5.79. The van der Waals surface area contributed by atoms with Crippen molar-refractivity contribution in [2.24, 2.45) is 13.0 Å². The van der Waals surface area contributed by atoms with Crippen LogP contribution >= 0.6 is 11.8 Å². The highest BCUT2D eigenvalue weighted by Crippen LogP contribution is 2.36. The van der Waals surface area contributed by atoms with E-state index < -0.39 is 23.0 Å². The fourth-order valence-electron chi connectivity index (χ4n) is 2.22. The molecule has 8 heteroatoms. The molecule has 1 aliphatic carbocycles. The van der Waals surface area contributed by atoms with E-state index in [0.29, 0.717) is 11.6 Å². The molecule has 2 atom stereocenters. The third-order valence-electron chi connectivity index (χ3n) is 3.22. The molecule has 1 saturated carbocycles. The number of carboxylic acid groups (broad SMARTS) is 1. The van der Waals surface area contributed by atoms with E-state index in [-0.39, 0.29) is 5.25 Å². The number of thioether (sulfide) groups is 1. The Bertz CT molecular complexity index is 594. The highest BCUT2D eigenvalue weighted by atomic mass is 32.2. The number of rotatable bonds is 3. The summed E-state index contributed by atoms with van der Waals surface area (Å²) in [7, 11) is 1.58. The van der Waals surface area contributed by atoms with Crippen molar-refractivity contribution in [3.05, 3.63) is 20.7 Å². The van der Waals surface area contributed by atoms with Gasteiger partial charge in [0.2, 0.25) is 0 Å². The summed E-state index contributed by atoms with van der Waals surface area (Å²) in [6.45, 7) is 0. The predicted octanol–water partition coefficient (Wildman–Crippen LogP) is 0.204. The van der Waals surface area contributed by atoms with E-state index in [1.807, 2.05) is 0 Å². The number of carboxylic acids is 1. The van der Waals surface area contributed by atoms with Crippen molar-refractivity contribution in [2.45, 2.75) is 36.1 Å². The molecule has 0 aromatic carbocycles. The molecule has 1 aromatic rings. The first kappa shape index (κ1) is 13.9. The molecule has 104 valence electrons. The Hall–Kier alpha value is -1.57. The third kappa shape index (κ3) is 3.06. The summed E-state index contributed by atoms with van der Waals surface area (Å²) in [6, 6.07) is 0. The van der Waals surface area contributed by atoms with Crippen LogP contribution in [0.15, 0.2) is 14.7 Å². The summed E-state index contributed by atoms with van der Waals surface area (Å²) in [4.78, 5) is 37.2. The van der Waals surface area contributed by atoms with Gasteiger partial charge in [-0.3, -0.25) is 24.2 Å². The number of aryl methyl sites for hydroxylation is 1. The van der Waals surface area contributed by atoms with Crippen molar-refractivity contribution in [3.8, 4) is 0 Å². The van der Waals surface area contributed by atoms with Crippen LogP contribution in [-0.2, 0) is 11.8 Å². The second-order valence-electron chi connectivity index (χ2n) is 4.58. The zero-order chi connectivity index (χ0) is 14.0. The molecular weight excluding hydrogens is 270 g/mol. The van der Waals surface area contributed by atoms with Crippen molar-refractivity contribution in [1.82, 2.24) is 14.8 Å². The van der Waals surface area contributed by atoms with Crippen molar-refractivity contribution in [1.29, 1.82) is 0 Å². The number of aromatic amines is 1. The maximum absolute atomic E-state index is 11.3. The summed E-state index contributed by atoms with van der Waals surface area (Å²) in [5.74, 6) is -1.24. The summed E-state index contributed by atoms with van der Waals surface area (Å²) < 4.78 is 1.36. The van der Waals surface area contributed by atoms with Crippen LogP contribution < -0.4 is 11.1 Å². The molecule has 1 aromatic heterocycles. The molecule has 1 fully saturated rings. The maximum atomic E-state index is 11.3. The van der Waals surface area contributed by atoms with Gasteiger partial charge in [0.15, 0.2) is 5.16 Å². The molecule has 0 radical (unpaired) electrons. The largest absolute Gasteiger partial charge is 0.481 e. The van der Waals surface area contributed by atoms with Crippen LogP contribution in [0.3, 0.4) is 0 Å². The molecule has 1 aliphatic rings. The van der Waals surface area contributed by atoms with Gasteiger partial charge in [0.05, 0.1) is 5.92 Å². The van der Waals surface area contributed by atoms with E-state index in [0.717, 1.165) is 19.3 Å². The normalized spacial score (nSPS) is 23.2. The first-order valence-corrected chi connectivity index (χ1v) is 6.94. The van der Waals surface area contributed by atoms with Crippen LogP contribution in [0.1, 0.15) is 25.7 Å². The van der Waals surface area contributed by atoms with E-state index in [9.17, 15) is 19.5 Å². The number of hydrogen-bond acceptors (Lipinski definition) is 5. The average Bonchev–Trinajstić information content (AvgIpc) is 2.36. The fourth-order valence-corrected chi connectivity index (χ4v) is 3.53. The molecule has 0 bridgehead atoms. The first-order chi connectivity index (χ1) is 8.99. The molecule has 19 heavy (non-hydrogen) atoms. The Morgan fingerprint density at radius 1 is 1.42 bits per heavy atom. The summed E-state index contributed by atoms with van der Waals surface area (Å²) >= 11 is 1.25. The van der Waals surface area contributed by atoms with E-state index in [4.69, 9.17) is 0 Å². The molecule has 0 aliphatic heterocycles. The van der Waals surface area contributed by atoms with Gasteiger partial charge in [0.1, 0.15) is 0 Å². The van der Waals surface area contributed by atoms with Gasteiger partial charge in [-0.1, -0.05) is 24.6 Å². The number of nitrogens with one attached hydrogen (secondary N) is 1. The van der Waals surface area contributed by atoms with Crippen molar-refractivity contribution < 1.29 is 9.90 Å². The van der Waals surface area contributed by atoms with Crippen LogP contribution in [0.4, 0.5) is 0 Å². The molecule has 2 rings (SSSR count). The lowest BCUT2D eigenvalue weighted by Crippen LogP contribution is -2.35. The number of nitrogens with zero attached hydrogens (tertiary/aromatic N) is 2. The van der Waals surface area contributed by atoms with Gasteiger partial charge in [0.25, 0.3) is 0 Å². The van der Waals surface area contributed by atoms with Gasteiger partial charge in [0, 0.05) is 12.3 Å². The number of H-pyrrole nitrogens is 1. The minimum atomic E-state index is -0.844. The molecule has 2 N–H and O–H groups in total. The zero-order valence-electron chi connectivity index (χ0n) is 10.5. The smallest absolute Gasteiger partial charge is 0.339 e. The third-order valence-corrected chi connectivity index (χ3v) is 4.67. The Kier molecular flexibility index (Phi) is 4.08. The Morgan fingerprint density at radius 3 is 2.79 bits per heavy atom. The average molecular weight is 285 g/mol. The highest BCUT2D eigenvalue weighted by Gasteiger charge is 2.32. The van der Waals surface area contributed by atoms with Crippen LogP contribution in [-0.4, -0.2) is 31.1 Å². The molecule has 7 nitrogen and oxygen atoms in total. The molecule has 0 saturated heterocycles. The van der Waals surface area contributed by atoms with Gasteiger partial charge in [-0.2, -0.15) is 4.98 Å². The van der Waals surface area contributed by atoms with E-state index in [1.54, 1.807) is 7.05 Å². The van der Waals surface area contributed by atoms with Crippen LogP contribution in [0.2, 0.25) is 0 Å². The van der Waals surface area contributed by atoms with E-state index in [2.05, 4.69) is 10.1 Å². The van der Waals surface area contributed by atoms with Gasteiger partial charge >= 0.3 is 17.1 Å². The molecule has 1 heterocycles. The van der Waals surface area contributed by atoms with Gasteiger partial charge in [-0.25, -0.2) is 0 Å². The Labute approximate surface area is 113 Å². The number of carbonyl (C=O) groups is 1. The van der Waals surface area contributed by atoms with Crippen LogP contribution in [0, 0.1) is 5.92 Å². The van der Waals surface area contributed by atoms with Crippen molar-refractivity contribution >= 4 is 17.7 Å². The Morgan fingerprint density at radius 2 is 2.11 bits per heavy atom. The first-order valence-electron chi connectivity index (χ1n) is 6.06.